The van der Waals surface area contributed by atoms with Crippen molar-refractivity contribution in [2.24, 2.45) is 5.92 Å². The number of carbonyl (C=O) groups is 1. The van der Waals surface area contributed by atoms with E-state index in [-0.39, 0.29) is 5.56 Å². The quantitative estimate of drug-likeness (QED) is 0.878. The zero-order valence-corrected chi connectivity index (χ0v) is 10.4. The van der Waals surface area contributed by atoms with Crippen molar-refractivity contribution in [1.82, 2.24) is 4.98 Å². The molecule has 0 unspecified atom stereocenters. The van der Waals surface area contributed by atoms with Crippen LogP contribution in [0, 0.1) is 5.92 Å². The van der Waals surface area contributed by atoms with E-state index in [1.165, 1.54) is 25.1 Å². The molecule has 1 N–H and O–H groups in total. The highest BCUT2D eigenvalue weighted by molar-refractivity contribution is 6.33. The SMILES string of the molecule is CCN(CC1CC1)c1ncc(C(=O)O)cc1Cl. The minimum atomic E-state index is -1.00. The Morgan fingerprint density at radius 2 is 2.35 bits per heavy atom. The van der Waals surface area contributed by atoms with Crippen molar-refractivity contribution in [1.29, 1.82) is 0 Å². The van der Waals surface area contributed by atoms with Crippen LogP contribution in [0.4, 0.5) is 5.82 Å². The molecule has 0 saturated heterocycles. The molecular weight excluding hydrogens is 240 g/mol. The molecule has 1 heterocycles. The minimum absolute atomic E-state index is 0.126. The number of hydrogen-bond donors (Lipinski definition) is 1. The first-order valence-electron chi connectivity index (χ1n) is 5.75. The Morgan fingerprint density at radius 3 is 2.82 bits per heavy atom. The molecule has 4 nitrogen and oxygen atoms in total. The van der Waals surface area contributed by atoms with Crippen LogP contribution in [0.3, 0.4) is 0 Å². The number of anilines is 1. The second-order valence-electron chi connectivity index (χ2n) is 4.32. The highest BCUT2D eigenvalue weighted by Gasteiger charge is 2.25. The van der Waals surface area contributed by atoms with E-state index in [4.69, 9.17) is 16.7 Å². The molecule has 92 valence electrons. The van der Waals surface area contributed by atoms with Gasteiger partial charge >= 0.3 is 5.97 Å². The maximum Gasteiger partial charge on any atom is 0.337 e. The van der Waals surface area contributed by atoms with E-state index < -0.39 is 5.97 Å². The van der Waals surface area contributed by atoms with Gasteiger partial charge in [-0.15, -0.1) is 0 Å². The lowest BCUT2D eigenvalue weighted by Crippen LogP contribution is -2.26. The van der Waals surface area contributed by atoms with Gasteiger partial charge in [-0.2, -0.15) is 0 Å². The third kappa shape index (κ3) is 2.88. The molecule has 17 heavy (non-hydrogen) atoms. The van der Waals surface area contributed by atoms with Gasteiger partial charge in [0, 0.05) is 19.3 Å². The lowest BCUT2D eigenvalue weighted by molar-refractivity contribution is 0.0696. The van der Waals surface area contributed by atoms with Gasteiger partial charge in [-0.1, -0.05) is 11.6 Å². The Balaban J connectivity index is 2.20. The molecule has 1 aliphatic carbocycles. The summed E-state index contributed by atoms with van der Waals surface area (Å²) in [6.07, 6.45) is 3.89. The van der Waals surface area contributed by atoms with E-state index in [2.05, 4.69) is 9.88 Å². The molecular formula is C12H15ClN2O2. The number of rotatable bonds is 5. The molecule has 0 aliphatic heterocycles. The summed E-state index contributed by atoms with van der Waals surface area (Å²) in [4.78, 5) is 17.0. The van der Waals surface area contributed by atoms with Crippen molar-refractivity contribution in [3.63, 3.8) is 0 Å². The predicted octanol–water partition coefficient (Wildman–Crippen LogP) is 2.67. The molecule has 0 atom stereocenters. The van der Waals surface area contributed by atoms with Crippen molar-refractivity contribution in [2.75, 3.05) is 18.0 Å². The molecule has 2 rings (SSSR count). The maximum atomic E-state index is 10.8. The van der Waals surface area contributed by atoms with E-state index in [0.717, 1.165) is 19.0 Å². The third-order valence-electron chi connectivity index (χ3n) is 2.93. The maximum absolute atomic E-state index is 10.8. The average molecular weight is 255 g/mol. The average Bonchev–Trinajstić information content (AvgIpc) is 3.10. The van der Waals surface area contributed by atoms with Gasteiger partial charge in [0.15, 0.2) is 0 Å². The van der Waals surface area contributed by atoms with E-state index in [0.29, 0.717) is 10.8 Å². The summed E-state index contributed by atoms with van der Waals surface area (Å²) < 4.78 is 0. The molecule has 1 aromatic heterocycles. The number of nitrogens with zero attached hydrogens (tertiary/aromatic N) is 2. The molecule has 0 bridgehead atoms. The molecule has 1 saturated carbocycles. The molecule has 0 radical (unpaired) electrons. The van der Waals surface area contributed by atoms with E-state index in [1.54, 1.807) is 0 Å². The number of carboxylic acids is 1. The van der Waals surface area contributed by atoms with Crippen molar-refractivity contribution in [3.05, 3.63) is 22.8 Å². The predicted molar refractivity (Wildman–Crippen MR) is 66.8 cm³/mol. The lowest BCUT2D eigenvalue weighted by atomic mass is 10.2. The first kappa shape index (κ1) is 12.2. The Hall–Kier alpha value is -1.29. The Labute approximate surface area is 105 Å². The summed E-state index contributed by atoms with van der Waals surface area (Å²) in [6.45, 7) is 3.83. The smallest absolute Gasteiger partial charge is 0.337 e. The Morgan fingerprint density at radius 1 is 1.65 bits per heavy atom. The van der Waals surface area contributed by atoms with E-state index >= 15 is 0 Å². The van der Waals surface area contributed by atoms with Crippen LogP contribution < -0.4 is 4.90 Å². The minimum Gasteiger partial charge on any atom is -0.478 e. The first-order valence-corrected chi connectivity index (χ1v) is 6.13. The van der Waals surface area contributed by atoms with Crippen molar-refractivity contribution >= 4 is 23.4 Å². The van der Waals surface area contributed by atoms with Gasteiger partial charge in [-0.3, -0.25) is 0 Å². The zero-order chi connectivity index (χ0) is 12.4. The standard InChI is InChI=1S/C12H15ClN2O2/c1-2-15(7-8-3-4-8)11-10(13)5-9(6-14-11)12(16)17/h5-6,8H,2-4,7H2,1H3,(H,16,17). The normalized spacial score (nSPS) is 14.7. The van der Waals surface area contributed by atoms with Crippen LogP contribution >= 0.6 is 11.6 Å². The van der Waals surface area contributed by atoms with E-state index in [9.17, 15) is 4.79 Å². The van der Waals surface area contributed by atoms with Crippen LogP contribution in [0.1, 0.15) is 30.1 Å². The van der Waals surface area contributed by atoms with Crippen LogP contribution in [0.5, 0.6) is 0 Å². The number of hydrogen-bond acceptors (Lipinski definition) is 3. The van der Waals surface area contributed by atoms with Crippen molar-refractivity contribution in [3.8, 4) is 0 Å². The van der Waals surface area contributed by atoms with Crippen molar-refractivity contribution in [2.45, 2.75) is 19.8 Å². The van der Waals surface area contributed by atoms with Crippen molar-refractivity contribution < 1.29 is 9.90 Å². The summed E-state index contributed by atoms with van der Waals surface area (Å²) in [5, 5.41) is 9.25. The van der Waals surface area contributed by atoms with Gasteiger partial charge in [-0.25, -0.2) is 9.78 Å². The fourth-order valence-electron chi connectivity index (χ4n) is 1.76. The topological polar surface area (TPSA) is 53.4 Å². The number of aromatic nitrogens is 1. The Bertz CT molecular complexity index is 433. The zero-order valence-electron chi connectivity index (χ0n) is 9.69. The number of carboxylic acid groups (broad SMARTS) is 1. The van der Waals surface area contributed by atoms with Gasteiger partial charge in [-0.05, 0) is 31.7 Å². The van der Waals surface area contributed by atoms with Gasteiger partial charge < -0.3 is 10.0 Å². The van der Waals surface area contributed by atoms with E-state index in [1.807, 2.05) is 6.92 Å². The van der Waals surface area contributed by atoms with Crippen LogP contribution in [0.25, 0.3) is 0 Å². The van der Waals surface area contributed by atoms with Crippen LogP contribution in [0.2, 0.25) is 5.02 Å². The summed E-state index contributed by atoms with van der Waals surface area (Å²) in [5.41, 5.74) is 0.126. The molecule has 0 spiro atoms. The molecule has 0 aromatic carbocycles. The summed E-state index contributed by atoms with van der Waals surface area (Å²) in [6, 6.07) is 1.46. The summed E-state index contributed by atoms with van der Waals surface area (Å²) in [7, 11) is 0. The number of halogens is 1. The van der Waals surface area contributed by atoms with Gasteiger partial charge in [0.2, 0.25) is 0 Å². The summed E-state index contributed by atoms with van der Waals surface area (Å²) >= 11 is 6.08. The highest BCUT2D eigenvalue weighted by atomic mass is 35.5. The fourth-order valence-corrected chi connectivity index (χ4v) is 2.04. The monoisotopic (exact) mass is 254 g/mol. The largest absolute Gasteiger partial charge is 0.478 e. The molecule has 1 aliphatic rings. The number of aromatic carboxylic acids is 1. The summed E-state index contributed by atoms with van der Waals surface area (Å²) in [5.74, 6) is 0.425. The third-order valence-corrected chi connectivity index (χ3v) is 3.20. The lowest BCUT2D eigenvalue weighted by Gasteiger charge is -2.22. The van der Waals surface area contributed by atoms with Crippen LogP contribution in [-0.2, 0) is 0 Å². The second kappa shape index (κ2) is 4.92. The second-order valence-corrected chi connectivity index (χ2v) is 4.72. The fraction of sp³-hybridized carbons (Fsp3) is 0.500. The molecule has 5 heteroatoms. The first-order chi connectivity index (χ1) is 8.11. The number of pyridine rings is 1. The van der Waals surface area contributed by atoms with Gasteiger partial charge in [0.1, 0.15) is 5.82 Å². The van der Waals surface area contributed by atoms with Gasteiger partial charge in [0.05, 0.1) is 10.6 Å². The molecule has 0 amide bonds. The Kier molecular flexibility index (Phi) is 3.52. The highest BCUT2D eigenvalue weighted by Crippen LogP contribution is 2.32. The van der Waals surface area contributed by atoms with Crippen LogP contribution in [0.15, 0.2) is 12.3 Å². The molecule has 1 fully saturated rings. The van der Waals surface area contributed by atoms with Gasteiger partial charge in [0.25, 0.3) is 0 Å². The molecule has 1 aromatic rings. The van der Waals surface area contributed by atoms with Crippen LogP contribution in [-0.4, -0.2) is 29.1 Å².